The molecule has 4 nitrogen and oxygen atoms in total. The van der Waals surface area contributed by atoms with E-state index in [0.717, 1.165) is 23.7 Å². The average molecular weight is 319 g/mol. The van der Waals surface area contributed by atoms with Crippen LogP contribution in [-0.4, -0.2) is 5.54 Å². The zero-order valence-electron chi connectivity index (χ0n) is 10.8. The number of benzene rings is 1. The van der Waals surface area contributed by atoms with Crippen LogP contribution in [0.1, 0.15) is 32.6 Å². The molecule has 0 aromatic heterocycles. The van der Waals surface area contributed by atoms with Crippen LogP contribution in [0.5, 0.6) is 0 Å². The van der Waals surface area contributed by atoms with Crippen LogP contribution in [0.4, 0.5) is 5.69 Å². The largest absolute Gasteiger partial charge is 0.252 e. The van der Waals surface area contributed by atoms with Crippen LogP contribution in [0.15, 0.2) is 39.0 Å². The van der Waals surface area contributed by atoms with Gasteiger partial charge in [-0.2, -0.15) is 20.8 Å². The van der Waals surface area contributed by atoms with E-state index in [4.69, 9.17) is 10.5 Å². The Morgan fingerprint density at radius 2 is 1.79 bits per heavy atom. The summed E-state index contributed by atoms with van der Waals surface area (Å²) in [7, 11) is 0. The molecular formula is C14H15BrN4. The van der Waals surface area contributed by atoms with Gasteiger partial charge < -0.3 is 0 Å². The van der Waals surface area contributed by atoms with E-state index in [2.05, 4.69) is 33.1 Å². The summed E-state index contributed by atoms with van der Waals surface area (Å²) < 4.78 is 0.946. The molecule has 1 aromatic rings. The van der Waals surface area contributed by atoms with Gasteiger partial charge in [0.05, 0.1) is 5.69 Å². The van der Waals surface area contributed by atoms with Crippen LogP contribution in [-0.2, 0) is 0 Å². The Bertz CT molecular complexity index is 494. The Kier molecular flexibility index (Phi) is 6.18. The summed E-state index contributed by atoms with van der Waals surface area (Å²) in [6.07, 6.45) is 3.25. The molecule has 0 N–H and O–H groups in total. The maximum absolute atomic E-state index is 9.16. The molecule has 1 aromatic carbocycles. The second kappa shape index (κ2) is 7.66. The first-order valence-electron chi connectivity index (χ1n) is 6.17. The number of azo groups is 1. The lowest BCUT2D eigenvalue weighted by Crippen LogP contribution is -2.20. The first-order chi connectivity index (χ1) is 9.15. The third kappa shape index (κ3) is 4.81. The molecule has 0 unspecified atom stereocenters. The van der Waals surface area contributed by atoms with Crippen molar-refractivity contribution in [2.75, 3.05) is 0 Å². The molecule has 0 radical (unpaired) electrons. The molecule has 0 saturated heterocycles. The summed E-state index contributed by atoms with van der Waals surface area (Å²) in [5.41, 5.74) is -0.726. The second-order valence-corrected chi connectivity index (χ2v) is 5.13. The number of hydrogen-bond donors (Lipinski definition) is 0. The second-order valence-electron chi connectivity index (χ2n) is 4.22. The van der Waals surface area contributed by atoms with E-state index in [1.165, 1.54) is 0 Å². The van der Waals surface area contributed by atoms with Crippen molar-refractivity contribution < 1.29 is 0 Å². The Morgan fingerprint density at radius 3 is 2.32 bits per heavy atom. The molecular weight excluding hydrogens is 304 g/mol. The highest BCUT2D eigenvalue weighted by atomic mass is 79.9. The van der Waals surface area contributed by atoms with Crippen LogP contribution in [0.2, 0.25) is 0 Å². The van der Waals surface area contributed by atoms with Gasteiger partial charge in [-0.3, -0.25) is 0 Å². The molecule has 19 heavy (non-hydrogen) atoms. The van der Waals surface area contributed by atoms with Gasteiger partial charge in [0.1, 0.15) is 12.1 Å². The minimum absolute atomic E-state index is 0.424. The van der Waals surface area contributed by atoms with Crippen molar-refractivity contribution in [2.45, 2.75) is 38.1 Å². The summed E-state index contributed by atoms with van der Waals surface area (Å²) in [5.74, 6) is 0. The topological polar surface area (TPSA) is 72.3 Å². The van der Waals surface area contributed by atoms with E-state index in [1.807, 2.05) is 24.3 Å². The van der Waals surface area contributed by atoms with Crippen molar-refractivity contribution >= 4 is 21.6 Å². The molecule has 0 aliphatic carbocycles. The van der Waals surface area contributed by atoms with Gasteiger partial charge in [0, 0.05) is 10.9 Å². The SMILES string of the molecule is CCCCCC(C#N)(C#N)N=Nc1ccc(Br)cc1. The molecule has 0 heterocycles. The standard InChI is InChI=1S/C14H15BrN4/c1-2-3-4-9-14(10-16,11-17)19-18-13-7-5-12(15)6-8-13/h5-8H,2-4,9H2,1H3. The smallest absolute Gasteiger partial charge is 0.194 e. The number of unbranched alkanes of at least 4 members (excludes halogenated alkanes) is 2. The highest BCUT2D eigenvalue weighted by Crippen LogP contribution is 2.23. The predicted octanol–water partition coefficient (Wildman–Crippen LogP) is 4.90. The number of rotatable bonds is 6. The first-order valence-corrected chi connectivity index (χ1v) is 6.96. The summed E-state index contributed by atoms with van der Waals surface area (Å²) in [5, 5.41) is 26.3. The van der Waals surface area contributed by atoms with Crippen LogP contribution in [0.3, 0.4) is 0 Å². The molecule has 98 valence electrons. The monoisotopic (exact) mass is 318 g/mol. The van der Waals surface area contributed by atoms with E-state index in [9.17, 15) is 0 Å². The van der Waals surface area contributed by atoms with Gasteiger partial charge in [0.15, 0.2) is 0 Å². The minimum Gasteiger partial charge on any atom is -0.194 e. The van der Waals surface area contributed by atoms with E-state index < -0.39 is 5.54 Å². The van der Waals surface area contributed by atoms with Crippen LogP contribution in [0.25, 0.3) is 0 Å². The van der Waals surface area contributed by atoms with E-state index in [-0.39, 0.29) is 0 Å². The number of nitriles is 2. The maximum Gasteiger partial charge on any atom is 0.252 e. The zero-order valence-corrected chi connectivity index (χ0v) is 12.4. The van der Waals surface area contributed by atoms with Crippen molar-refractivity contribution in [1.82, 2.24) is 0 Å². The Hall–Kier alpha value is -1.72. The highest BCUT2D eigenvalue weighted by molar-refractivity contribution is 9.10. The van der Waals surface area contributed by atoms with E-state index in [1.54, 1.807) is 12.1 Å². The van der Waals surface area contributed by atoms with Gasteiger partial charge in [-0.1, -0.05) is 35.7 Å². The van der Waals surface area contributed by atoms with Crippen molar-refractivity contribution in [1.29, 1.82) is 10.5 Å². The number of nitrogens with zero attached hydrogens (tertiary/aromatic N) is 4. The average Bonchev–Trinajstić information content (AvgIpc) is 2.45. The molecule has 0 bridgehead atoms. The molecule has 0 aliphatic heterocycles. The third-order valence-electron chi connectivity index (χ3n) is 2.67. The van der Waals surface area contributed by atoms with Crippen LogP contribution < -0.4 is 0 Å². The first kappa shape index (κ1) is 15.3. The molecule has 5 heteroatoms. The lowest BCUT2D eigenvalue weighted by atomic mass is 9.97. The molecule has 0 aliphatic rings. The molecule has 0 saturated carbocycles. The van der Waals surface area contributed by atoms with Crippen molar-refractivity contribution in [3.05, 3.63) is 28.7 Å². The Balaban J connectivity index is 2.81. The Morgan fingerprint density at radius 1 is 1.16 bits per heavy atom. The lowest BCUT2D eigenvalue weighted by molar-refractivity contribution is 0.542. The van der Waals surface area contributed by atoms with Gasteiger partial charge in [0.25, 0.3) is 5.54 Å². The lowest BCUT2D eigenvalue weighted by Gasteiger charge is -2.11. The zero-order chi connectivity index (χ0) is 14.1. The normalized spacial score (nSPS) is 11.2. The van der Waals surface area contributed by atoms with Gasteiger partial charge in [-0.25, -0.2) is 0 Å². The molecule has 0 spiro atoms. The van der Waals surface area contributed by atoms with Gasteiger partial charge in [0.2, 0.25) is 0 Å². The number of halogens is 1. The summed E-state index contributed by atoms with van der Waals surface area (Å²) in [6, 6.07) is 11.2. The van der Waals surface area contributed by atoms with E-state index in [0.29, 0.717) is 12.1 Å². The molecule has 0 fully saturated rings. The number of hydrogen-bond acceptors (Lipinski definition) is 4. The van der Waals surface area contributed by atoms with Crippen molar-refractivity contribution in [3.8, 4) is 12.1 Å². The fourth-order valence-electron chi connectivity index (χ4n) is 1.51. The molecule has 0 atom stereocenters. The van der Waals surface area contributed by atoms with Crippen LogP contribution >= 0.6 is 15.9 Å². The summed E-state index contributed by atoms with van der Waals surface area (Å²) in [4.78, 5) is 0. The highest BCUT2D eigenvalue weighted by Gasteiger charge is 2.29. The molecule has 0 amide bonds. The minimum atomic E-state index is -1.36. The quantitative estimate of drug-likeness (QED) is 0.552. The van der Waals surface area contributed by atoms with Crippen molar-refractivity contribution in [3.63, 3.8) is 0 Å². The van der Waals surface area contributed by atoms with Gasteiger partial charge >= 0.3 is 0 Å². The molecule has 1 rings (SSSR count). The van der Waals surface area contributed by atoms with Crippen LogP contribution in [0, 0.1) is 22.7 Å². The summed E-state index contributed by atoms with van der Waals surface area (Å²) >= 11 is 3.33. The van der Waals surface area contributed by atoms with Crippen molar-refractivity contribution in [2.24, 2.45) is 10.2 Å². The summed E-state index contributed by atoms with van der Waals surface area (Å²) in [6.45, 7) is 2.07. The van der Waals surface area contributed by atoms with Gasteiger partial charge in [-0.05, 0) is 30.7 Å². The fraction of sp³-hybridized carbons (Fsp3) is 0.429. The predicted molar refractivity (Wildman–Crippen MR) is 76.8 cm³/mol. The maximum atomic E-state index is 9.16. The van der Waals surface area contributed by atoms with Gasteiger partial charge in [-0.15, -0.1) is 0 Å². The third-order valence-corrected chi connectivity index (χ3v) is 3.20. The Labute approximate surface area is 121 Å². The van der Waals surface area contributed by atoms with E-state index >= 15 is 0 Å². The fourth-order valence-corrected chi connectivity index (χ4v) is 1.78.